The topological polar surface area (TPSA) is 51.5 Å². The summed E-state index contributed by atoms with van der Waals surface area (Å²) >= 11 is 0. The molecule has 0 spiro atoms. The predicted molar refractivity (Wildman–Crippen MR) is 108 cm³/mol. The van der Waals surface area contributed by atoms with Crippen LogP contribution in [0.4, 0.5) is 5.69 Å². The van der Waals surface area contributed by atoms with Gasteiger partial charge in [0.2, 0.25) is 0 Å². The zero-order valence-corrected chi connectivity index (χ0v) is 16.2. The third-order valence-corrected chi connectivity index (χ3v) is 5.28. The molecule has 28 heavy (non-hydrogen) atoms. The third-order valence-electron chi connectivity index (χ3n) is 5.28. The number of hydrogen-bond acceptors (Lipinski definition) is 3. The van der Waals surface area contributed by atoms with E-state index in [-0.39, 0.29) is 11.9 Å². The highest BCUT2D eigenvalue weighted by atomic mass is 16.5. The fraction of sp³-hybridized carbons (Fsp3) is 0.217. The minimum atomic E-state index is -0.362. The second-order valence-corrected chi connectivity index (χ2v) is 7.04. The van der Waals surface area contributed by atoms with E-state index in [1.54, 1.807) is 11.0 Å². The Kier molecular flexibility index (Phi) is 4.51. The van der Waals surface area contributed by atoms with Gasteiger partial charge in [0.25, 0.3) is 5.91 Å². The lowest BCUT2D eigenvalue weighted by Crippen LogP contribution is -2.28. The minimum Gasteiger partial charge on any atom is -0.465 e. The van der Waals surface area contributed by atoms with Gasteiger partial charge in [0.15, 0.2) is 0 Å². The van der Waals surface area contributed by atoms with Crippen LogP contribution in [-0.2, 0) is 11.2 Å². The van der Waals surface area contributed by atoms with Crippen LogP contribution in [0.3, 0.4) is 0 Å². The molecular weight excluding hydrogens is 352 g/mol. The van der Waals surface area contributed by atoms with Gasteiger partial charge in [0.05, 0.1) is 12.7 Å². The Morgan fingerprint density at radius 3 is 2.18 bits per heavy atom. The summed E-state index contributed by atoms with van der Waals surface area (Å²) in [7, 11) is 1.37. The van der Waals surface area contributed by atoms with Gasteiger partial charge >= 0.3 is 5.97 Å². The molecule has 1 aliphatic rings. The average Bonchev–Trinajstić information content (AvgIpc) is 3.29. The van der Waals surface area contributed by atoms with Gasteiger partial charge in [-0.15, -0.1) is 0 Å². The van der Waals surface area contributed by atoms with Crippen LogP contribution in [0.1, 0.15) is 37.7 Å². The molecule has 0 fully saturated rings. The maximum atomic E-state index is 13.0. The number of fused-ring (bicyclic) bond motifs is 1. The van der Waals surface area contributed by atoms with Crippen LogP contribution >= 0.6 is 0 Å². The van der Waals surface area contributed by atoms with Crippen molar-refractivity contribution in [1.82, 2.24) is 4.57 Å². The van der Waals surface area contributed by atoms with Crippen LogP contribution < -0.4 is 4.90 Å². The molecule has 2 heterocycles. The van der Waals surface area contributed by atoms with Crippen molar-refractivity contribution < 1.29 is 14.3 Å². The number of carbonyl (C=O) groups excluding carboxylic acids is 2. The van der Waals surface area contributed by atoms with Gasteiger partial charge < -0.3 is 14.2 Å². The molecule has 1 amide bonds. The van der Waals surface area contributed by atoms with Crippen LogP contribution in [0.5, 0.6) is 0 Å². The molecule has 5 nitrogen and oxygen atoms in total. The smallest absolute Gasteiger partial charge is 0.337 e. The monoisotopic (exact) mass is 374 g/mol. The van der Waals surface area contributed by atoms with E-state index in [1.807, 2.05) is 36.4 Å². The highest BCUT2D eigenvalue weighted by Gasteiger charge is 2.26. The van der Waals surface area contributed by atoms with Crippen molar-refractivity contribution in [2.24, 2.45) is 0 Å². The first-order valence-electron chi connectivity index (χ1n) is 9.28. The van der Waals surface area contributed by atoms with Gasteiger partial charge in [-0.1, -0.05) is 0 Å². The first kappa shape index (κ1) is 18.0. The summed E-state index contributed by atoms with van der Waals surface area (Å²) in [5.41, 5.74) is 6.37. The summed E-state index contributed by atoms with van der Waals surface area (Å²) in [6.07, 6.45) is 0.728. The molecule has 0 radical (unpaired) electrons. The van der Waals surface area contributed by atoms with Crippen LogP contribution in [0.25, 0.3) is 5.69 Å². The Bertz CT molecular complexity index is 1040. The summed E-state index contributed by atoms with van der Waals surface area (Å²) in [6.45, 7) is 4.74. The first-order valence-corrected chi connectivity index (χ1v) is 9.28. The van der Waals surface area contributed by atoms with E-state index in [4.69, 9.17) is 4.74 Å². The zero-order chi connectivity index (χ0) is 19.8. The van der Waals surface area contributed by atoms with E-state index in [0.717, 1.165) is 34.7 Å². The molecule has 2 aromatic carbocycles. The number of aromatic nitrogens is 1. The lowest BCUT2D eigenvalue weighted by atomic mass is 10.1. The molecule has 3 aromatic rings. The van der Waals surface area contributed by atoms with Gasteiger partial charge in [0.1, 0.15) is 0 Å². The molecule has 0 bridgehead atoms. The third kappa shape index (κ3) is 2.99. The van der Waals surface area contributed by atoms with Crippen LogP contribution in [-0.4, -0.2) is 30.1 Å². The van der Waals surface area contributed by atoms with E-state index >= 15 is 0 Å². The maximum Gasteiger partial charge on any atom is 0.337 e. The number of methoxy groups -OCH3 is 1. The van der Waals surface area contributed by atoms with Crippen molar-refractivity contribution >= 4 is 17.6 Å². The lowest BCUT2D eigenvalue weighted by molar-refractivity contribution is 0.0600. The average molecular weight is 374 g/mol. The second-order valence-electron chi connectivity index (χ2n) is 7.04. The molecule has 0 saturated carbocycles. The summed E-state index contributed by atoms with van der Waals surface area (Å²) in [5, 5.41) is 0. The number of rotatable bonds is 3. The summed E-state index contributed by atoms with van der Waals surface area (Å²) in [5.74, 6) is -0.393. The Morgan fingerprint density at radius 2 is 1.54 bits per heavy atom. The van der Waals surface area contributed by atoms with Crippen molar-refractivity contribution in [2.75, 3.05) is 18.6 Å². The van der Waals surface area contributed by atoms with Gasteiger partial charge in [-0.3, -0.25) is 4.79 Å². The van der Waals surface area contributed by atoms with Crippen molar-refractivity contribution in [3.05, 3.63) is 82.7 Å². The van der Waals surface area contributed by atoms with E-state index < -0.39 is 0 Å². The molecule has 5 heteroatoms. The normalized spacial score (nSPS) is 12.8. The number of hydrogen-bond donors (Lipinski definition) is 0. The second kappa shape index (κ2) is 7.00. The Labute approximate surface area is 164 Å². The largest absolute Gasteiger partial charge is 0.465 e. The van der Waals surface area contributed by atoms with Gasteiger partial charge in [-0.2, -0.15) is 0 Å². The minimum absolute atomic E-state index is 0.0305. The molecule has 142 valence electrons. The summed E-state index contributed by atoms with van der Waals surface area (Å²) in [6, 6.07) is 17.2. The molecule has 1 aliphatic heterocycles. The van der Waals surface area contributed by atoms with Gasteiger partial charge in [-0.05, 0) is 80.4 Å². The number of nitrogens with zero attached hydrogens (tertiary/aromatic N) is 2. The molecule has 0 aliphatic carbocycles. The van der Waals surface area contributed by atoms with Crippen LogP contribution in [0, 0.1) is 13.8 Å². The Balaban J connectivity index is 1.59. The first-order chi connectivity index (χ1) is 13.5. The Morgan fingerprint density at radius 1 is 0.893 bits per heavy atom. The molecule has 0 unspecified atom stereocenters. The molecule has 0 saturated heterocycles. The highest BCUT2D eigenvalue weighted by Crippen LogP contribution is 2.30. The fourth-order valence-corrected chi connectivity index (χ4v) is 3.84. The zero-order valence-electron chi connectivity index (χ0n) is 16.2. The van der Waals surface area contributed by atoms with E-state index in [1.165, 1.54) is 7.11 Å². The number of amides is 1. The molecular formula is C23H22N2O3. The SMILES string of the molecule is COC(=O)c1ccc2c(c1)CCN2C(=O)c1ccc(-n2c(C)ccc2C)cc1. The van der Waals surface area contributed by atoms with E-state index in [0.29, 0.717) is 17.7 Å². The number of esters is 1. The predicted octanol–water partition coefficient (Wildman–Crippen LogP) is 4.08. The Hall–Kier alpha value is -3.34. The van der Waals surface area contributed by atoms with Crippen LogP contribution in [0.2, 0.25) is 0 Å². The van der Waals surface area contributed by atoms with Gasteiger partial charge in [-0.25, -0.2) is 4.79 Å². The molecule has 0 N–H and O–H groups in total. The number of carbonyl (C=O) groups is 2. The van der Waals surface area contributed by atoms with Gasteiger partial charge in [0, 0.05) is 34.9 Å². The number of benzene rings is 2. The standard InChI is InChI=1S/C23H22N2O3/c1-15-4-5-16(2)25(15)20-9-6-17(7-10-20)22(26)24-13-12-18-14-19(23(27)28-3)8-11-21(18)24/h4-11,14H,12-13H2,1-3H3. The maximum absolute atomic E-state index is 13.0. The number of aryl methyl sites for hydroxylation is 2. The fourth-order valence-electron chi connectivity index (χ4n) is 3.84. The van der Waals surface area contributed by atoms with E-state index in [9.17, 15) is 9.59 Å². The molecule has 0 atom stereocenters. The molecule has 4 rings (SSSR count). The van der Waals surface area contributed by atoms with Crippen molar-refractivity contribution in [3.63, 3.8) is 0 Å². The summed E-state index contributed by atoms with van der Waals surface area (Å²) < 4.78 is 6.94. The van der Waals surface area contributed by atoms with Crippen molar-refractivity contribution in [1.29, 1.82) is 0 Å². The van der Waals surface area contributed by atoms with Crippen molar-refractivity contribution in [3.8, 4) is 5.69 Å². The van der Waals surface area contributed by atoms with Crippen LogP contribution in [0.15, 0.2) is 54.6 Å². The number of ether oxygens (including phenoxy) is 1. The van der Waals surface area contributed by atoms with Crippen molar-refractivity contribution in [2.45, 2.75) is 20.3 Å². The lowest BCUT2D eigenvalue weighted by Gasteiger charge is -2.18. The summed E-state index contributed by atoms with van der Waals surface area (Å²) in [4.78, 5) is 26.5. The highest BCUT2D eigenvalue weighted by molar-refractivity contribution is 6.07. The quantitative estimate of drug-likeness (QED) is 0.649. The molecule has 1 aromatic heterocycles. The number of anilines is 1. The van der Waals surface area contributed by atoms with E-state index in [2.05, 4.69) is 30.5 Å².